The van der Waals surface area contributed by atoms with E-state index in [1.165, 1.54) is 18.4 Å². The fourth-order valence-electron chi connectivity index (χ4n) is 2.32. The summed E-state index contributed by atoms with van der Waals surface area (Å²) in [5, 5.41) is 0.675. The quantitative estimate of drug-likeness (QED) is 0.524. The lowest BCUT2D eigenvalue weighted by atomic mass is 10.1. The molecule has 0 spiro atoms. The predicted molar refractivity (Wildman–Crippen MR) is 89.3 cm³/mol. The van der Waals surface area contributed by atoms with Crippen LogP contribution < -0.4 is 4.74 Å². The minimum Gasteiger partial charge on any atom is -0.489 e. The zero-order valence-corrected chi connectivity index (χ0v) is 13.3. The summed E-state index contributed by atoms with van der Waals surface area (Å²) in [6, 6.07) is 15.3. The molecule has 0 bridgehead atoms. The van der Waals surface area contributed by atoms with E-state index in [1.807, 2.05) is 42.5 Å². The van der Waals surface area contributed by atoms with Crippen LogP contribution >= 0.6 is 11.3 Å². The second-order valence-electron chi connectivity index (χ2n) is 4.88. The van der Waals surface area contributed by atoms with Crippen LogP contribution in [0.15, 0.2) is 48.5 Å². The zero-order valence-electron chi connectivity index (χ0n) is 12.4. The molecule has 1 heterocycles. The summed E-state index contributed by atoms with van der Waals surface area (Å²) >= 11 is 1.27. The average Bonchev–Trinajstić information content (AvgIpc) is 2.98. The van der Waals surface area contributed by atoms with Gasteiger partial charge >= 0.3 is 5.97 Å². The largest absolute Gasteiger partial charge is 0.489 e. The van der Waals surface area contributed by atoms with Crippen LogP contribution in [0.25, 0.3) is 10.1 Å². The van der Waals surface area contributed by atoms with Crippen LogP contribution in [0.4, 0.5) is 0 Å². The van der Waals surface area contributed by atoms with Crippen molar-refractivity contribution in [1.82, 2.24) is 0 Å². The zero-order chi connectivity index (χ0) is 16.2. The summed E-state index contributed by atoms with van der Waals surface area (Å²) in [5.41, 5.74) is 1.35. The van der Waals surface area contributed by atoms with E-state index < -0.39 is 5.97 Å². The average molecular weight is 326 g/mol. The number of carbonyl (C=O) groups excluding carboxylic acids is 2. The van der Waals surface area contributed by atoms with E-state index >= 15 is 0 Å². The third-order valence-corrected chi connectivity index (χ3v) is 4.53. The van der Waals surface area contributed by atoms with E-state index in [1.54, 1.807) is 6.07 Å². The highest BCUT2D eigenvalue weighted by Crippen LogP contribution is 2.33. The van der Waals surface area contributed by atoms with Gasteiger partial charge in [0.05, 0.1) is 17.6 Å². The Morgan fingerprint density at radius 2 is 1.96 bits per heavy atom. The topological polar surface area (TPSA) is 52.6 Å². The number of hydrogen-bond acceptors (Lipinski definition) is 5. The first-order valence-electron chi connectivity index (χ1n) is 6.99. The highest BCUT2D eigenvalue weighted by Gasteiger charge is 2.19. The first-order valence-corrected chi connectivity index (χ1v) is 7.81. The molecule has 3 aromatic rings. The summed E-state index contributed by atoms with van der Waals surface area (Å²) in [7, 11) is 1.30. The Morgan fingerprint density at radius 1 is 1.17 bits per heavy atom. The maximum Gasteiger partial charge on any atom is 0.340 e. The van der Waals surface area contributed by atoms with Gasteiger partial charge < -0.3 is 9.47 Å². The molecule has 0 atom stereocenters. The van der Waals surface area contributed by atoms with Gasteiger partial charge in [0.15, 0.2) is 6.29 Å². The van der Waals surface area contributed by atoms with Crippen molar-refractivity contribution < 1.29 is 19.1 Å². The molecule has 0 radical (unpaired) electrons. The van der Waals surface area contributed by atoms with Gasteiger partial charge in [0.25, 0.3) is 0 Å². The van der Waals surface area contributed by atoms with Crippen molar-refractivity contribution in [1.29, 1.82) is 0 Å². The van der Waals surface area contributed by atoms with Crippen molar-refractivity contribution >= 4 is 33.7 Å². The van der Waals surface area contributed by atoms with E-state index in [4.69, 9.17) is 9.47 Å². The van der Waals surface area contributed by atoms with Gasteiger partial charge in [-0.1, -0.05) is 30.3 Å². The molecule has 116 valence electrons. The summed E-state index contributed by atoms with van der Waals surface area (Å²) in [5.74, 6) is 0.125. The lowest BCUT2D eigenvalue weighted by Crippen LogP contribution is -2.03. The number of thiophene rings is 1. The van der Waals surface area contributed by atoms with Crippen molar-refractivity contribution in [2.24, 2.45) is 0 Å². The molecule has 3 rings (SSSR count). The minimum absolute atomic E-state index is 0.299. The molecule has 0 aliphatic rings. The van der Waals surface area contributed by atoms with Crippen LogP contribution in [0.1, 0.15) is 25.6 Å². The van der Waals surface area contributed by atoms with Gasteiger partial charge in [0, 0.05) is 10.1 Å². The lowest BCUT2D eigenvalue weighted by molar-refractivity contribution is 0.0601. The maximum absolute atomic E-state index is 11.9. The normalized spacial score (nSPS) is 10.5. The predicted octanol–water partition coefficient (Wildman–Crippen LogP) is 4.08. The molecule has 4 nitrogen and oxygen atoms in total. The van der Waals surface area contributed by atoms with E-state index in [-0.39, 0.29) is 0 Å². The van der Waals surface area contributed by atoms with Gasteiger partial charge in [-0.25, -0.2) is 4.79 Å². The lowest BCUT2D eigenvalue weighted by Gasteiger charge is -2.07. The van der Waals surface area contributed by atoms with Crippen LogP contribution in [0.2, 0.25) is 0 Å². The van der Waals surface area contributed by atoms with Crippen LogP contribution in [0.5, 0.6) is 5.75 Å². The third kappa shape index (κ3) is 3.10. The standard InChI is InChI=1S/C18H14O4S/c1-21-18(20)17-14-9-13(7-8-15(14)23-16(17)10-19)22-11-12-5-3-2-4-6-12/h2-10H,11H2,1H3. The molecular weight excluding hydrogens is 312 g/mol. The number of ether oxygens (including phenoxy) is 2. The highest BCUT2D eigenvalue weighted by atomic mass is 32.1. The maximum atomic E-state index is 11.9. The molecule has 5 heteroatoms. The Hall–Kier alpha value is -2.66. The third-order valence-electron chi connectivity index (χ3n) is 3.43. The fraction of sp³-hybridized carbons (Fsp3) is 0.111. The molecule has 0 aliphatic carbocycles. The van der Waals surface area contributed by atoms with E-state index in [0.29, 0.717) is 34.5 Å². The monoisotopic (exact) mass is 326 g/mol. The number of aldehydes is 1. The molecule has 23 heavy (non-hydrogen) atoms. The van der Waals surface area contributed by atoms with Gasteiger partial charge in [0.2, 0.25) is 0 Å². The number of methoxy groups -OCH3 is 1. The smallest absolute Gasteiger partial charge is 0.340 e. The summed E-state index contributed by atoms with van der Waals surface area (Å²) in [6.07, 6.45) is 0.682. The first kappa shape index (κ1) is 15.2. The molecule has 0 saturated carbocycles. The van der Waals surface area contributed by atoms with E-state index in [2.05, 4.69) is 0 Å². The van der Waals surface area contributed by atoms with Crippen LogP contribution in [-0.4, -0.2) is 19.4 Å². The van der Waals surface area contributed by atoms with Crippen molar-refractivity contribution in [3.05, 3.63) is 64.5 Å². The number of carbonyl (C=O) groups is 2. The van der Waals surface area contributed by atoms with Gasteiger partial charge in [-0.15, -0.1) is 11.3 Å². The van der Waals surface area contributed by atoms with Crippen molar-refractivity contribution in [3.63, 3.8) is 0 Å². The number of esters is 1. The van der Waals surface area contributed by atoms with Crippen molar-refractivity contribution in [3.8, 4) is 5.75 Å². The summed E-state index contributed by atoms with van der Waals surface area (Å²) in [6.45, 7) is 0.435. The minimum atomic E-state index is -0.515. The van der Waals surface area contributed by atoms with Crippen molar-refractivity contribution in [2.45, 2.75) is 6.61 Å². The molecule has 0 fully saturated rings. The van der Waals surface area contributed by atoms with Gasteiger partial charge in [-0.3, -0.25) is 4.79 Å². The molecule has 2 aromatic carbocycles. The Labute approximate surface area is 137 Å². The Bertz CT molecular complexity index is 852. The number of benzene rings is 2. The van der Waals surface area contributed by atoms with E-state index in [0.717, 1.165) is 10.3 Å². The second-order valence-corrected chi connectivity index (χ2v) is 5.97. The van der Waals surface area contributed by atoms with Crippen molar-refractivity contribution in [2.75, 3.05) is 7.11 Å². The van der Waals surface area contributed by atoms with Gasteiger partial charge in [-0.2, -0.15) is 0 Å². The first-order chi connectivity index (χ1) is 11.2. The highest BCUT2D eigenvalue weighted by molar-refractivity contribution is 7.21. The molecule has 0 unspecified atom stereocenters. The Balaban J connectivity index is 1.94. The molecule has 0 aliphatic heterocycles. The van der Waals surface area contributed by atoms with Crippen LogP contribution in [-0.2, 0) is 11.3 Å². The number of hydrogen-bond donors (Lipinski definition) is 0. The molecule has 1 aromatic heterocycles. The fourth-order valence-corrected chi connectivity index (χ4v) is 3.31. The van der Waals surface area contributed by atoms with Gasteiger partial charge in [-0.05, 0) is 23.8 Å². The second kappa shape index (κ2) is 6.62. The number of fused-ring (bicyclic) bond motifs is 1. The molecular formula is C18H14O4S. The van der Waals surface area contributed by atoms with Gasteiger partial charge in [0.1, 0.15) is 12.4 Å². The molecule has 0 saturated heterocycles. The SMILES string of the molecule is COC(=O)c1c(C=O)sc2ccc(OCc3ccccc3)cc12. The Morgan fingerprint density at radius 3 is 2.65 bits per heavy atom. The molecule has 0 N–H and O–H groups in total. The van der Waals surface area contributed by atoms with Crippen LogP contribution in [0, 0.1) is 0 Å². The Kier molecular flexibility index (Phi) is 4.39. The molecule has 0 amide bonds. The number of rotatable bonds is 5. The summed E-state index contributed by atoms with van der Waals surface area (Å²) < 4.78 is 11.4. The van der Waals surface area contributed by atoms with Crippen LogP contribution in [0.3, 0.4) is 0 Å². The summed E-state index contributed by atoms with van der Waals surface area (Å²) in [4.78, 5) is 23.5. The van der Waals surface area contributed by atoms with E-state index in [9.17, 15) is 9.59 Å².